The molecule has 0 aliphatic carbocycles. The summed E-state index contributed by atoms with van der Waals surface area (Å²) in [7, 11) is 0. The van der Waals surface area contributed by atoms with Crippen molar-refractivity contribution in [3.8, 4) is 5.75 Å². The lowest BCUT2D eigenvalue weighted by atomic mass is 10.1. The Balaban J connectivity index is 1.87. The summed E-state index contributed by atoms with van der Waals surface area (Å²) in [4.78, 5) is 27.0. The average Bonchev–Trinajstić information content (AvgIpc) is 2.61. The molecule has 5 nitrogen and oxygen atoms in total. The maximum Gasteiger partial charge on any atom is 0.253 e. The van der Waals surface area contributed by atoms with E-state index in [0.29, 0.717) is 17.7 Å². The molecule has 0 bridgehead atoms. The standard InChI is InChI=1S/C21H28N2O3/c1-4-5-6-7-12-26-18-10-8-17(9-11-18)20(24)22-14-19-15(2)13-16(3)23-21(19)25/h8-11,13H,4-7,12,14H2,1-3H3,(H,22,24)(H,23,25). The van der Waals surface area contributed by atoms with Crippen LogP contribution in [0.15, 0.2) is 35.1 Å². The number of carbonyl (C=O) groups is 1. The molecule has 0 radical (unpaired) electrons. The van der Waals surface area contributed by atoms with E-state index in [4.69, 9.17) is 4.74 Å². The quantitative estimate of drug-likeness (QED) is 0.670. The smallest absolute Gasteiger partial charge is 0.253 e. The van der Waals surface area contributed by atoms with Gasteiger partial charge in [-0.2, -0.15) is 0 Å². The fourth-order valence-corrected chi connectivity index (χ4v) is 2.79. The number of amides is 1. The molecule has 0 spiro atoms. The number of hydrogen-bond acceptors (Lipinski definition) is 3. The second-order valence-corrected chi connectivity index (χ2v) is 6.56. The number of aryl methyl sites for hydroxylation is 2. The van der Waals surface area contributed by atoms with Gasteiger partial charge in [-0.15, -0.1) is 0 Å². The van der Waals surface area contributed by atoms with Crippen LogP contribution in [0.3, 0.4) is 0 Å². The van der Waals surface area contributed by atoms with Gasteiger partial charge in [0.2, 0.25) is 0 Å². The molecule has 0 aliphatic rings. The van der Waals surface area contributed by atoms with Crippen molar-refractivity contribution >= 4 is 5.91 Å². The number of unbranched alkanes of at least 4 members (excludes halogenated alkanes) is 3. The van der Waals surface area contributed by atoms with E-state index in [1.54, 1.807) is 24.3 Å². The number of carbonyl (C=O) groups excluding carboxylic acids is 1. The largest absolute Gasteiger partial charge is 0.494 e. The van der Waals surface area contributed by atoms with E-state index in [2.05, 4.69) is 17.2 Å². The molecule has 1 heterocycles. The van der Waals surface area contributed by atoms with Gasteiger partial charge in [0.25, 0.3) is 11.5 Å². The Morgan fingerprint density at radius 1 is 1.12 bits per heavy atom. The van der Waals surface area contributed by atoms with Crippen molar-refractivity contribution in [2.75, 3.05) is 6.61 Å². The maximum absolute atomic E-state index is 12.3. The van der Waals surface area contributed by atoms with Crippen LogP contribution in [0.2, 0.25) is 0 Å². The minimum absolute atomic E-state index is 0.158. The Bertz CT molecular complexity index is 779. The molecule has 0 unspecified atom stereocenters. The molecule has 2 aromatic rings. The Labute approximate surface area is 154 Å². The molecule has 2 rings (SSSR count). The first kappa shape index (κ1) is 19.8. The molecule has 0 fully saturated rings. The van der Waals surface area contributed by atoms with E-state index in [1.165, 1.54) is 19.3 Å². The first-order valence-corrected chi connectivity index (χ1v) is 9.21. The van der Waals surface area contributed by atoms with Crippen LogP contribution in [0.5, 0.6) is 5.75 Å². The van der Waals surface area contributed by atoms with E-state index < -0.39 is 0 Å². The lowest BCUT2D eigenvalue weighted by molar-refractivity contribution is 0.0950. The summed E-state index contributed by atoms with van der Waals surface area (Å²) in [6, 6.07) is 8.98. The van der Waals surface area contributed by atoms with Crippen LogP contribution in [0, 0.1) is 13.8 Å². The Morgan fingerprint density at radius 2 is 1.85 bits per heavy atom. The maximum atomic E-state index is 12.3. The van der Waals surface area contributed by atoms with Gasteiger partial charge in [0, 0.05) is 23.4 Å². The summed E-state index contributed by atoms with van der Waals surface area (Å²) in [6.07, 6.45) is 4.65. The highest BCUT2D eigenvalue weighted by atomic mass is 16.5. The minimum atomic E-state index is -0.209. The number of ether oxygens (including phenoxy) is 1. The molecular weight excluding hydrogens is 328 g/mol. The fraction of sp³-hybridized carbons (Fsp3) is 0.429. The number of rotatable bonds is 9. The van der Waals surface area contributed by atoms with Gasteiger partial charge in [0.05, 0.1) is 6.61 Å². The van der Waals surface area contributed by atoms with E-state index >= 15 is 0 Å². The lowest BCUT2D eigenvalue weighted by Crippen LogP contribution is -2.27. The minimum Gasteiger partial charge on any atom is -0.494 e. The molecule has 0 saturated heterocycles. The highest BCUT2D eigenvalue weighted by molar-refractivity contribution is 5.94. The number of aromatic nitrogens is 1. The zero-order chi connectivity index (χ0) is 18.9. The number of nitrogens with one attached hydrogen (secondary N) is 2. The summed E-state index contributed by atoms with van der Waals surface area (Å²) in [5.41, 5.74) is 2.65. The summed E-state index contributed by atoms with van der Waals surface area (Å²) in [5, 5.41) is 2.80. The normalized spacial score (nSPS) is 10.6. The monoisotopic (exact) mass is 356 g/mol. The summed E-state index contributed by atoms with van der Waals surface area (Å²) in [6.45, 7) is 6.79. The van der Waals surface area contributed by atoms with E-state index in [-0.39, 0.29) is 18.0 Å². The summed E-state index contributed by atoms with van der Waals surface area (Å²) < 4.78 is 5.68. The summed E-state index contributed by atoms with van der Waals surface area (Å²) in [5.74, 6) is 0.558. The number of hydrogen-bond donors (Lipinski definition) is 2. The van der Waals surface area contributed by atoms with Crippen molar-refractivity contribution in [1.29, 1.82) is 0 Å². The number of H-pyrrole nitrogens is 1. The van der Waals surface area contributed by atoms with Crippen molar-refractivity contribution in [3.63, 3.8) is 0 Å². The SMILES string of the molecule is CCCCCCOc1ccc(C(=O)NCc2c(C)cc(C)[nH]c2=O)cc1. The molecule has 140 valence electrons. The van der Waals surface area contributed by atoms with Crippen molar-refractivity contribution in [3.05, 3.63) is 63.1 Å². The molecule has 1 amide bonds. The van der Waals surface area contributed by atoms with Crippen LogP contribution >= 0.6 is 0 Å². The molecule has 5 heteroatoms. The molecule has 26 heavy (non-hydrogen) atoms. The molecule has 0 atom stereocenters. The van der Waals surface area contributed by atoms with Crippen LogP contribution in [-0.2, 0) is 6.54 Å². The highest BCUT2D eigenvalue weighted by Crippen LogP contribution is 2.13. The van der Waals surface area contributed by atoms with Crippen LogP contribution in [0.4, 0.5) is 0 Å². The molecule has 1 aromatic heterocycles. The highest BCUT2D eigenvalue weighted by Gasteiger charge is 2.09. The molecule has 1 aromatic carbocycles. The van der Waals surface area contributed by atoms with Crippen LogP contribution in [-0.4, -0.2) is 17.5 Å². The van der Waals surface area contributed by atoms with Crippen molar-refractivity contribution < 1.29 is 9.53 Å². The Morgan fingerprint density at radius 3 is 2.50 bits per heavy atom. The van der Waals surface area contributed by atoms with Gasteiger partial charge in [0.15, 0.2) is 0 Å². The van der Waals surface area contributed by atoms with Gasteiger partial charge in [-0.05, 0) is 56.2 Å². The van der Waals surface area contributed by atoms with Crippen molar-refractivity contribution in [2.45, 2.75) is 53.0 Å². The van der Waals surface area contributed by atoms with Crippen LogP contribution in [0.1, 0.15) is 59.8 Å². The van der Waals surface area contributed by atoms with Gasteiger partial charge in [-0.1, -0.05) is 26.2 Å². The third-order valence-corrected chi connectivity index (χ3v) is 4.30. The second-order valence-electron chi connectivity index (χ2n) is 6.56. The predicted octanol–water partition coefficient (Wildman–Crippen LogP) is 3.88. The van der Waals surface area contributed by atoms with Crippen molar-refractivity contribution in [2.24, 2.45) is 0 Å². The number of pyridine rings is 1. The number of aromatic amines is 1. The number of benzene rings is 1. The fourth-order valence-electron chi connectivity index (χ4n) is 2.79. The van der Waals surface area contributed by atoms with E-state index in [0.717, 1.165) is 23.4 Å². The third-order valence-electron chi connectivity index (χ3n) is 4.30. The van der Waals surface area contributed by atoms with Gasteiger partial charge in [0.1, 0.15) is 5.75 Å². The first-order chi connectivity index (χ1) is 12.5. The Hall–Kier alpha value is -2.56. The van der Waals surface area contributed by atoms with Gasteiger partial charge in [-0.25, -0.2) is 0 Å². The molecule has 0 aliphatic heterocycles. The first-order valence-electron chi connectivity index (χ1n) is 9.21. The van der Waals surface area contributed by atoms with Crippen molar-refractivity contribution in [1.82, 2.24) is 10.3 Å². The zero-order valence-corrected chi connectivity index (χ0v) is 15.9. The van der Waals surface area contributed by atoms with Gasteiger partial charge >= 0.3 is 0 Å². The van der Waals surface area contributed by atoms with Crippen LogP contribution in [0.25, 0.3) is 0 Å². The lowest BCUT2D eigenvalue weighted by Gasteiger charge is -2.09. The Kier molecular flexibility index (Phi) is 7.45. The summed E-state index contributed by atoms with van der Waals surface area (Å²) >= 11 is 0. The zero-order valence-electron chi connectivity index (χ0n) is 15.9. The predicted molar refractivity (Wildman–Crippen MR) is 104 cm³/mol. The topological polar surface area (TPSA) is 71.2 Å². The molecule has 0 saturated carbocycles. The van der Waals surface area contributed by atoms with E-state index in [9.17, 15) is 9.59 Å². The second kappa shape index (κ2) is 9.80. The van der Waals surface area contributed by atoms with Crippen LogP contribution < -0.4 is 15.6 Å². The average molecular weight is 356 g/mol. The van der Waals surface area contributed by atoms with Gasteiger partial charge < -0.3 is 15.0 Å². The molecular formula is C21H28N2O3. The third kappa shape index (κ3) is 5.76. The molecule has 2 N–H and O–H groups in total. The van der Waals surface area contributed by atoms with Gasteiger partial charge in [-0.3, -0.25) is 9.59 Å². The van der Waals surface area contributed by atoms with E-state index in [1.807, 2.05) is 19.9 Å².